The van der Waals surface area contributed by atoms with Crippen molar-refractivity contribution >= 4 is 0 Å². The van der Waals surface area contributed by atoms with Crippen LogP contribution in [0, 0.1) is 0 Å². The standard InChI is InChI=1S/C13H17NO2/c15-13-9-16-8-12(13)14-6-5-10-3-1-2-4-11(10)7-14/h1-4,12-13,15H,5-9H2/t12-,13+/m0/s1. The summed E-state index contributed by atoms with van der Waals surface area (Å²) in [5, 5.41) is 9.82. The molecule has 0 aliphatic carbocycles. The molecule has 2 atom stereocenters. The van der Waals surface area contributed by atoms with Crippen LogP contribution in [0.25, 0.3) is 0 Å². The number of aliphatic hydroxyl groups excluding tert-OH is 1. The van der Waals surface area contributed by atoms with Gasteiger partial charge in [0.1, 0.15) is 0 Å². The van der Waals surface area contributed by atoms with Crippen LogP contribution in [-0.4, -0.2) is 41.9 Å². The molecule has 1 saturated heterocycles. The summed E-state index contributed by atoms with van der Waals surface area (Å²) in [6.45, 7) is 3.13. The molecule has 0 amide bonds. The van der Waals surface area contributed by atoms with Crippen LogP contribution in [0.5, 0.6) is 0 Å². The molecule has 1 fully saturated rings. The maximum Gasteiger partial charge on any atom is 0.0950 e. The normalized spacial score (nSPS) is 30.3. The Balaban J connectivity index is 1.77. The van der Waals surface area contributed by atoms with Crippen molar-refractivity contribution in [2.24, 2.45) is 0 Å². The molecule has 16 heavy (non-hydrogen) atoms. The summed E-state index contributed by atoms with van der Waals surface area (Å²) in [6.07, 6.45) is 0.768. The fraction of sp³-hybridized carbons (Fsp3) is 0.538. The number of nitrogens with zero attached hydrogens (tertiary/aromatic N) is 1. The van der Waals surface area contributed by atoms with Gasteiger partial charge in [0, 0.05) is 13.1 Å². The second-order valence-electron chi connectivity index (χ2n) is 4.66. The second kappa shape index (κ2) is 4.17. The zero-order chi connectivity index (χ0) is 11.0. The summed E-state index contributed by atoms with van der Waals surface area (Å²) < 4.78 is 5.32. The van der Waals surface area contributed by atoms with E-state index < -0.39 is 0 Å². The average Bonchev–Trinajstić information content (AvgIpc) is 2.75. The van der Waals surface area contributed by atoms with Gasteiger partial charge in [-0.05, 0) is 17.5 Å². The van der Waals surface area contributed by atoms with Gasteiger partial charge in [0.2, 0.25) is 0 Å². The zero-order valence-corrected chi connectivity index (χ0v) is 9.30. The minimum absolute atomic E-state index is 0.188. The van der Waals surface area contributed by atoms with Gasteiger partial charge in [-0.3, -0.25) is 4.90 Å². The van der Waals surface area contributed by atoms with Gasteiger partial charge in [-0.1, -0.05) is 24.3 Å². The lowest BCUT2D eigenvalue weighted by molar-refractivity contribution is 0.0742. The Morgan fingerprint density at radius 3 is 2.75 bits per heavy atom. The van der Waals surface area contributed by atoms with Crippen molar-refractivity contribution in [1.82, 2.24) is 4.90 Å². The van der Waals surface area contributed by atoms with Crippen molar-refractivity contribution in [3.05, 3.63) is 35.4 Å². The van der Waals surface area contributed by atoms with Crippen molar-refractivity contribution < 1.29 is 9.84 Å². The highest BCUT2D eigenvalue weighted by Crippen LogP contribution is 2.23. The summed E-state index contributed by atoms with van der Waals surface area (Å²) in [5.74, 6) is 0. The van der Waals surface area contributed by atoms with Crippen molar-refractivity contribution in [3.8, 4) is 0 Å². The third-order valence-corrected chi connectivity index (χ3v) is 3.65. The molecule has 2 aliphatic heterocycles. The number of ether oxygens (including phenoxy) is 1. The van der Waals surface area contributed by atoms with Gasteiger partial charge in [-0.2, -0.15) is 0 Å². The first kappa shape index (κ1) is 10.3. The van der Waals surface area contributed by atoms with Gasteiger partial charge in [0.25, 0.3) is 0 Å². The molecule has 2 aliphatic rings. The Kier molecular flexibility index (Phi) is 2.67. The maximum atomic E-state index is 9.82. The molecule has 1 aromatic rings. The van der Waals surface area contributed by atoms with Crippen molar-refractivity contribution in [2.45, 2.75) is 25.1 Å². The minimum atomic E-state index is -0.315. The highest BCUT2D eigenvalue weighted by atomic mass is 16.5. The van der Waals surface area contributed by atoms with E-state index >= 15 is 0 Å². The molecule has 0 bridgehead atoms. The van der Waals surface area contributed by atoms with E-state index in [0.717, 1.165) is 19.5 Å². The van der Waals surface area contributed by atoms with Crippen LogP contribution in [0.3, 0.4) is 0 Å². The Bertz CT molecular complexity index is 380. The molecule has 0 aromatic heterocycles. The Hall–Kier alpha value is -0.900. The minimum Gasteiger partial charge on any atom is -0.389 e. The molecule has 1 aromatic carbocycles. The molecule has 0 spiro atoms. The van der Waals surface area contributed by atoms with Crippen molar-refractivity contribution in [3.63, 3.8) is 0 Å². The van der Waals surface area contributed by atoms with E-state index in [4.69, 9.17) is 4.74 Å². The molecular weight excluding hydrogens is 202 g/mol. The van der Waals surface area contributed by atoms with E-state index in [1.807, 2.05) is 0 Å². The molecule has 3 heteroatoms. The quantitative estimate of drug-likeness (QED) is 0.758. The first-order valence-corrected chi connectivity index (χ1v) is 5.91. The zero-order valence-electron chi connectivity index (χ0n) is 9.30. The Labute approximate surface area is 95.6 Å². The summed E-state index contributed by atoms with van der Waals surface area (Å²) in [7, 11) is 0. The first-order chi connectivity index (χ1) is 7.84. The van der Waals surface area contributed by atoms with Crippen LogP contribution in [0.15, 0.2) is 24.3 Å². The number of hydrogen-bond acceptors (Lipinski definition) is 3. The summed E-state index contributed by atoms with van der Waals surface area (Å²) in [5.41, 5.74) is 2.85. The third kappa shape index (κ3) is 1.75. The van der Waals surface area contributed by atoms with Crippen LogP contribution >= 0.6 is 0 Å². The summed E-state index contributed by atoms with van der Waals surface area (Å²) >= 11 is 0. The van der Waals surface area contributed by atoms with Crippen LogP contribution in [0.2, 0.25) is 0 Å². The Morgan fingerprint density at radius 2 is 2.00 bits per heavy atom. The molecule has 1 N–H and O–H groups in total. The predicted molar refractivity (Wildman–Crippen MR) is 61.2 cm³/mol. The van der Waals surface area contributed by atoms with E-state index in [0.29, 0.717) is 13.2 Å². The smallest absolute Gasteiger partial charge is 0.0950 e. The summed E-state index contributed by atoms with van der Waals surface area (Å²) in [6, 6.07) is 8.76. The molecule has 3 rings (SSSR count). The lowest BCUT2D eigenvalue weighted by atomic mass is 9.98. The van der Waals surface area contributed by atoms with Gasteiger partial charge < -0.3 is 9.84 Å². The summed E-state index contributed by atoms with van der Waals surface area (Å²) in [4.78, 5) is 2.35. The number of fused-ring (bicyclic) bond motifs is 1. The van der Waals surface area contributed by atoms with E-state index in [-0.39, 0.29) is 12.1 Å². The van der Waals surface area contributed by atoms with Gasteiger partial charge in [0.05, 0.1) is 25.4 Å². The van der Waals surface area contributed by atoms with E-state index in [9.17, 15) is 5.11 Å². The number of benzene rings is 1. The highest BCUT2D eigenvalue weighted by Gasteiger charge is 2.33. The van der Waals surface area contributed by atoms with Gasteiger partial charge in [-0.25, -0.2) is 0 Å². The average molecular weight is 219 g/mol. The predicted octanol–water partition coefficient (Wildman–Crippen LogP) is 0.804. The molecule has 2 heterocycles. The fourth-order valence-electron chi connectivity index (χ4n) is 2.68. The van der Waals surface area contributed by atoms with Crippen molar-refractivity contribution in [1.29, 1.82) is 0 Å². The van der Waals surface area contributed by atoms with E-state index in [2.05, 4.69) is 29.2 Å². The molecule has 3 nitrogen and oxygen atoms in total. The van der Waals surface area contributed by atoms with E-state index in [1.54, 1.807) is 0 Å². The molecular formula is C13H17NO2. The van der Waals surface area contributed by atoms with Crippen LogP contribution in [0.4, 0.5) is 0 Å². The van der Waals surface area contributed by atoms with Crippen LogP contribution in [-0.2, 0) is 17.7 Å². The molecule has 0 unspecified atom stereocenters. The topological polar surface area (TPSA) is 32.7 Å². The number of aliphatic hydroxyl groups is 1. The Morgan fingerprint density at radius 1 is 1.19 bits per heavy atom. The molecule has 86 valence electrons. The fourth-order valence-corrected chi connectivity index (χ4v) is 2.68. The third-order valence-electron chi connectivity index (χ3n) is 3.65. The monoisotopic (exact) mass is 219 g/mol. The van der Waals surface area contributed by atoms with Crippen LogP contribution in [0.1, 0.15) is 11.1 Å². The van der Waals surface area contributed by atoms with Crippen LogP contribution < -0.4 is 0 Å². The number of hydrogen-bond donors (Lipinski definition) is 1. The van der Waals surface area contributed by atoms with Gasteiger partial charge in [0.15, 0.2) is 0 Å². The molecule has 0 radical (unpaired) electrons. The SMILES string of the molecule is O[C@@H]1COC[C@@H]1N1CCc2ccccc2C1. The largest absolute Gasteiger partial charge is 0.389 e. The van der Waals surface area contributed by atoms with E-state index in [1.165, 1.54) is 11.1 Å². The van der Waals surface area contributed by atoms with Gasteiger partial charge in [-0.15, -0.1) is 0 Å². The number of rotatable bonds is 1. The highest BCUT2D eigenvalue weighted by molar-refractivity contribution is 5.29. The lowest BCUT2D eigenvalue weighted by Crippen LogP contribution is -2.45. The van der Waals surface area contributed by atoms with Crippen molar-refractivity contribution in [2.75, 3.05) is 19.8 Å². The lowest BCUT2D eigenvalue weighted by Gasteiger charge is -2.34. The second-order valence-corrected chi connectivity index (χ2v) is 4.66. The molecule has 0 saturated carbocycles. The van der Waals surface area contributed by atoms with Gasteiger partial charge >= 0.3 is 0 Å². The first-order valence-electron chi connectivity index (χ1n) is 5.91. The maximum absolute atomic E-state index is 9.82.